The maximum Gasteiger partial charge on any atom is 0.335 e. The Hall–Kier alpha value is -3.46. The van der Waals surface area contributed by atoms with E-state index in [9.17, 15) is 18.8 Å². The topological polar surface area (TPSA) is 107 Å². The molecule has 2 aromatic carbocycles. The molecule has 2 atom stereocenters. The van der Waals surface area contributed by atoms with Crippen molar-refractivity contribution in [3.8, 4) is 5.75 Å². The summed E-state index contributed by atoms with van der Waals surface area (Å²) in [5.41, 5.74) is 0.522. The molecule has 1 heterocycles. The normalized spacial score (nSPS) is 18.9. The van der Waals surface area contributed by atoms with Gasteiger partial charge in [0.05, 0.1) is 11.1 Å². The van der Waals surface area contributed by atoms with Crippen molar-refractivity contribution in [2.75, 3.05) is 19.7 Å². The van der Waals surface area contributed by atoms with Gasteiger partial charge >= 0.3 is 11.9 Å². The molecule has 0 bridgehead atoms. The Kier molecular flexibility index (Phi) is 7.09. The summed E-state index contributed by atoms with van der Waals surface area (Å²) in [4.78, 5) is 39.1. The standard InChI is InChI=1S/C23H25FN2O6/c1-14-11-26(15(2)10-25(14)12-16-3-5-19(24)6-4-16)21(27)13-32-20-8-17(22(28)29)7-18(9-20)23(30)31/h3-9,14-15H,10-13H2,1-2H3,(H,28,29)(H,30,31)/t14-,15+/m1/s1. The van der Waals surface area contributed by atoms with Gasteiger partial charge in [0, 0.05) is 31.7 Å². The van der Waals surface area contributed by atoms with Crippen molar-refractivity contribution in [1.82, 2.24) is 9.80 Å². The number of benzene rings is 2. The van der Waals surface area contributed by atoms with E-state index in [0.717, 1.165) is 11.6 Å². The molecule has 9 heteroatoms. The van der Waals surface area contributed by atoms with Crippen LogP contribution < -0.4 is 4.74 Å². The van der Waals surface area contributed by atoms with Crippen molar-refractivity contribution in [2.24, 2.45) is 0 Å². The van der Waals surface area contributed by atoms with Gasteiger partial charge in [-0.25, -0.2) is 14.0 Å². The molecule has 32 heavy (non-hydrogen) atoms. The van der Waals surface area contributed by atoms with E-state index in [-0.39, 0.29) is 47.3 Å². The average Bonchev–Trinajstić information content (AvgIpc) is 2.75. The van der Waals surface area contributed by atoms with Gasteiger partial charge in [-0.15, -0.1) is 0 Å². The number of hydrogen-bond donors (Lipinski definition) is 2. The van der Waals surface area contributed by atoms with E-state index in [4.69, 9.17) is 14.9 Å². The number of piperazine rings is 1. The van der Waals surface area contributed by atoms with E-state index in [1.165, 1.54) is 24.3 Å². The molecular formula is C23H25FN2O6. The molecule has 0 aromatic heterocycles. The zero-order valence-corrected chi connectivity index (χ0v) is 17.8. The van der Waals surface area contributed by atoms with Crippen LogP contribution in [0, 0.1) is 5.82 Å². The highest BCUT2D eigenvalue weighted by Crippen LogP contribution is 2.21. The van der Waals surface area contributed by atoms with Crippen molar-refractivity contribution >= 4 is 17.8 Å². The van der Waals surface area contributed by atoms with Gasteiger partial charge in [0.1, 0.15) is 11.6 Å². The van der Waals surface area contributed by atoms with Gasteiger partial charge in [0.2, 0.25) is 0 Å². The summed E-state index contributed by atoms with van der Waals surface area (Å²) < 4.78 is 18.6. The minimum atomic E-state index is -1.29. The molecule has 0 saturated carbocycles. The summed E-state index contributed by atoms with van der Waals surface area (Å²) in [6, 6.07) is 9.72. The van der Waals surface area contributed by atoms with Crippen LogP contribution in [0.2, 0.25) is 0 Å². The highest BCUT2D eigenvalue weighted by Gasteiger charge is 2.32. The number of hydrogen-bond acceptors (Lipinski definition) is 5. The quantitative estimate of drug-likeness (QED) is 0.676. The number of carbonyl (C=O) groups excluding carboxylic acids is 1. The molecular weight excluding hydrogens is 419 g/mol. The van der Waals surface area contributed by atoms with Gasteiger partial charge < -0.3 is 19.8 Å². The number of ether oxygens (including phenoxy) is 1. The molecule has 1 aliphatic heterocycles. The molecule has 2 N–H and O–H groups in total. The first kappa shape index (κ1) is 23.2. The summed E-state index contributed by atoms with van der Waals surface area (Å²) in [6.07, 6.45) is 0. The molecule has 1 aliphatic rings. The van der Waals surface area contributed by atoms with E-state index in [0.29, 0.717) is 19.6 Å². The number of carboxylic acid groups (broad SMARTS) is 2. The molecule has 8 nitrogen and oxygen atoms in total. The van der Waals surface area contributed by atoms with Crippen LogP contribution in [0.25, 0.3) is 0 Å². The predicted molar refractivity (Wildman–Crippen MR) is 113 cm³/mol. The van der Waals surface area contributed by atoms with Crippen molar-refractivity contribution in [3.05, 3.63) is 65.0 Å². The molecule has 1 amide bonds. The van der Waals surface area contributed by atoms with Gasteiger partial charge in [0.15, 0.2) is 6.61 Å². The van der Waals surface area contributed by atoms with Crippen LogP contribution in [0.15, 0.2) is 42.5 Å². The Morgan fingerprint density at radius 3 is 2.12 bits per heavy atom. The van der Waals surface area contributed by atoms with Crippen LogP contribution in [-0.2, 0) is 11.3 Å². The van der Waals surface area contributed by atoms with E-state index in [1.807, 2.05) is 13.8 Å². The number of amides is 1. The molecule has 0 radical (unpaired) electrons. The zero-order valence-electron chi connectivity index (χ0n) is 17.8. The second-order valence-electron chi connectivity index (χ2n) is 7.95. The maximum atomic E-state index is 13.1. The van der Waals surface area contributed by atoms with Crippen LogP contribution in [-0.4, -0.2) is 69.6 Å². The second kappa shape index (κ2) is 9.78. The van der Waals surface area contributed by atoms with Crippen molar-refractivity contribution in [1.29, 1.82) is 0 Å². The number of rotatable bonds is 7. The first-order valence-corrected chi connectivity index (χ1v) is 10.2. The highest BCUT2D eigenvalue weighted by atomic mass is 19.1. The van der Waals surface area contributed by atoms with E-state index in [1.54, 1.807) is 17.0 Å². The molecule has 0 unspecified atom stereocenters. The predicted octanol–water partition coefficient (Wildman–Crippen LogP) is 2.72. The molecule has 0 aliphatic carbocycles. The zero-order chi connectivity index (χ0) is 23.4. The van der Waals surface area contributed by atoms with Crippen molar-refractivity contribution in [2.45, 2.75) is 32.5 Å². The summed E-state index contributed by atoms with van der Waals surface area (Å²) in [7, 11) is 0. The summed E-state index contributed by atoms with van der Waals surface area (Å²) in [5.74, 6) is -3.13. The van der Waals surface area contributed by atoms with Crippen LogP contribution >= 0.6 is 0 Å². The minimum Gasteiger partial charge on any atom is -0.484 e. The monoisotopic (exact) mass is 444 g/mol. The molecule has 170 valence electrons. The minimum absolute atomic E-state index is 0.00583. The van der Waals surface area contributed by atoms with Crippen LogP contribution in [0.1, 0.15) is 40.1 Å². The fraction of sp³-hybridized carbons (Fsp3) is 0.348. The van der Waals surface area contributed by atoms with Gasteiger partial charge in [-0.05, 0) is 49.7 Å². The number of carboxylic acids is 2. The third-order valence-corrected chi connectivity index (χ3v) is 5.50. The Labute approximate surface area is 184 Å². The number of halogens is 1. The summed E-state index contributed by atoms with van der Waals surface area (Å²) in [5, 5.41) is 18.3. The lowest BCUT2D eigenvalue weighted by Gasteiger charge is -2.44. The van der Waals surface area contributed by atoms with Crippen molar-refractivity contribution in [3.63, 3.8) is 0 Å². The molecule has 1 saturated heterocycles. The Bertz CT molecular complexity index is 978. The van der Waals surface area contributed by atoms with Gasteiger partial charge in [0.25, 0.3) is 5.91 Å². The van der Waals surface area contributed by atoms with Gasteiger partial charge in [-0.2, -0.15) is 0 Å². The first-order chi connectivity index (χ1) is 15.1. The fourth-order valence-electron chi connectivity index (χ4n) is 3.75. The molecule has 0 spiro atoms. The maximum absolute atomic E-state index is 13.1. The van der Waals surface area contributed by atoms with Crippen LogP contribution in [0.5, 0.6) is 5.75 Å². The Morgan fingerprint density at radius 1 is 0.969 bits per heavy atom. The van der Waals surface area contributed by atoms with E-state index >= 15 is 0 Å². The molecule has 2 aromatic rings. The fourth-order valence-corrected chi connectivity index (χ4v) is 3.75. The van der Waals surface area contributed by atoms with E-state index in [2.05, 4.69) is 4.90 Å². The lowest BCUT2D eigenvalue weighted by Crippen LogP contribution is -2.58. The number of carbonyl (C=O) groups is 3. The van der Waals surface area contributed by atoms with Crippen LogP contribution in [0.4, 0.5) is 4.39 Å². The smallest absolute Gasteiger partial charge is 0.335 e. The Morgan fingerprint density at radius 2 is 1.56 bits per heavy atom. The number of aromatic carboxylic acids is 2. The third-order valence-electron chi connectivity index (χ3n) is 5.50. The Balaban J connectivity index is 1.62. The van der Waals surface area contributed by atoms with E-state index < -0.39 is 11.9 Å². The van der Waals surface area contributed by atoms with Gasteiger partial charge in [-0.1, -0.05) is 12.1 Å². The summed E-state index contributed by atoms with van der Waals surface area (Å²) >= 11 is 0. The lowest BCUT2D eigenvalue weighted by atomic mass is 10.1. The second-order valence-corrected chi connectivity index (χ2v) is 7.95. The van der Waals surface area contributed by atoms with Crippen molar-refractivity contribution < 1.29 is 33.7 Å². The molecule has 3 rings (SSSR count). The van der Waals surface area contributed by atoms with Crippen LogP contribution in [0.3, 0.4) is 0 Å². The van der Waals surface area contributed by atoms with Gasteiger partial charge in [-0.3, -0.25) is 9.69 Å². The highest BCUT2D eigenvalue weighted by molar-refractivity contribution is 5.94. The largest absolute Gasteiger partial charge is 0.484 e. The SMILES string of the molecule is C[C@@H]1CN(C(=O)COc2cc(C(=O)O)cc(C(=O)O)c2)[C@@H](C)CN1Cc1ccc(F)cc1. The molecule has 1 fully saturated rings. The third kappa shape index (κ3) is 5.61. The number of nitrogens with zero attached hydrogens (tertiary/aromatic N) is 2. The average molecular weight is 444 g/mol. The first-order valence-electron chi connectivity index (χ1n) is 10.2. The lowest BCUT2D eigenvalue weighted by molar-refractivity contribution is -0.139. The summed E-state index contributed by atoms with van der Waals surface area (Å²) in [6.45, 7) is 5.34.